The van der Waals surface area contributed by atoms with Crippen LogP contribution in [-0.2, 0) is 16.8 Å². The smallest absolute Gasteiger partial charge is 0.233 e. The number of carbonyl (C=O) groups is 1. The molecule has 3 aromatic rings. The van der Waals surface area contributed by atoms with E-state index in [0.29, 0.717) is 12.3 Å². The Morgan fingerprint density at radius 2 is 1.61 bits per heavy atom. The van der Waals surface area contributed by atoms with E-state index in [9.17, 15) is 4.79 Å². The van der Waals surface area contributed by atoms with Crippen molar-refractivity contribution >= 4 is 17.7 Å². The average molecular weight is 437 g/mol. The molecule has 0 spiro atoms. The van der Waals surface area contributed by atoms with E-state index in [1.54, 1.807) is 0 Å². The van der Waals surface area contributed by atoms with Crippen LogP contribution in [0.4, 0.5) is 0 Å². The van der Waals surface area contributed by atoms with Crippen molar-refractivity contribution in [1.29, 1.82) is 0 Å². The lowest BCUT2D eigenvalue weighted by Gasteiger charge is -2.19. The number of aromatic nitrogens is 3. The van der Waals surface area contributed by atoms with Gasteiger partial charge in [0.2, 0.25) is 5.91 Å². The van der Waals surface area contributed by atoms with Crippen molar-refractivity contribution < 1.29 is 4.79 Å². The summed E-state index contributed by atoms with van der Waals surface area (Å²) in [5.41, 5.74) is 3.58. The van der Waals surface area contributed by atoms with Crippen LogP contribution in [0.15, 0.2) is 59.8 Å². The van der Waals surface area contributed by atoms with Crippen LogP contribution in [0.25, 0.3) is 11.4 Å². The molecule has 5 nitrogen and oxygen atoms in total. The molecule has 0 saturated carbocycles. The Labute approximate surface area is 189 Å². The lowest BCUT2D eigenvalue weighted by molar-refractivity contribution is -0.127. The molecule has 0 saturated heterocycles. The van der Waals surface area contributed by atoms with E-state index >= 15 is 0 Å². The molecule has 2 aromatic carbocycles. The normalized spacial score (nSPS) is 11.5. The molecule has 1 amide bonds. The zero-order valence-electron chi connectivity index (χ0n) is 19.1. The van der Waals surface area contributed by atoms with E-state index < -0.39 is 0 Å². The summed E-state index contributed by atoms with van der Waals surface area (Å²) in [5.74, 6) is 1.31. The second-order valence-electron chi connectivity index (χ2n) is 8.56. The third-order valence-electron chi connectivity index (χ3n) is 5.35. The summed E-state index contributed by atoms with van der Waals surface area (Å²) in [4.78, 5) is 14.3. The van der Waals surface area contributed by atoms with Crippen LogP contribution in [0, 0.1) is 0 Å². The maximum absolute atomic E-state index is 12.5. The Balaban J connectivity index is 1.91. The zero-order valence-corrected chi connectivity index (χ0v) is 19.9. The van der Waals surface area contributed by atoms with Gasteiger partial charge >= 0.3 is 0 Å². The summed E-state index contributed by atoms with van der Waals surface area (Å²) in [6, 6.07) is 18.8. The number of rotatable bonds is 8. The third-order valence-corrected chi connectivity index (χ3v) is 6.30. The summed E-state index contributed by atoms with van der Waals surface area (Å²) in [5, 5.41) is 9.72. The number of nitrogens with zero attached hydrogens (tertiary/aromatic N) is 4. The van der Waals surface area contributed by atoms with Crippen LogP contribution in [0.5, 0.6) is 0 Å². The lowest BCUT2D eigenvalue weighted by atomic mass is 9.87. The first-order valence-corrected chi connectivity index (χ1v) is 11.8. The second-order valence-corrected chi connectivity index (χ2v) is 9.50. The van der Waals surface area contributed by atoms with Gasteiger partial charge in [-0.2, -0.15) is 0 Å². The van der Waals surface area contributed by atoms with Crippen molar-refractivity contribution in [2.24, 2.45) is 0 Å². The van der Waals surface area contributed by atoms with Crippen molar-refractivity contribution in [1.82, 2.24) is 19.7 Å². The highest BCUT2D eigenvalue weighted by Gasteiger charge is 2.19. The summed E-state index contributed by atoms with van der Waals surface area (Å²) >= 11 is 1.45. The van der Waals surface area contributed by atoms with E-state index in [1.807, 2.05) is 36.9 Å². The van der Waals surface area contributed by atoms with Gasteiger partial charge in [0.15, 0.2) is 11.0 Å². The zero-order chi connectivity index (χ0) is 22.4. The molecule has 0 aliphatic carbocycles. The molecule has 0 N–H and O–H groups in total. The Bertz CT molecular complexity index is 987. The third kappa shape index (κ3) is 5.76. The standard InChI is InChI=1S/C25H32N4OS/c1-6-28(7-2)22(30)18-31-24-27-26-23(29(24)17-19-11-9-8-10-12-19)20-13-15-21(16-14-20)25(3,4)5/h8-16H,6-7,17-18H2,1-5H3. The molecule has 1 aromatic heterocycles. The maximum Gasteiger partial charge on any atom is 0.233 e. The molecule has 3 rings (SSSR count). The Morgan fingerprint density at radius 1 is 0.968 bits per heavy atom. The van der Waals surface area contributed by atoms with Crippen LogP contribution in [0.2, 0.25) is 0 Å². The largest absolute Gasteiger partial charge is 0.343 e. The molecule has 0 aliphatic heterocycles. The maximum atomic E-state index is 12.5. The fraction of sp³-hybridized carbons (Fsp3) is 0.400. The van der Waals surface area contributed by atoms with Gasteiger partial charge in [0.05, 0.1) is 12.3 Å². The molecule has 1 heterocycles. The minimum Gasteiger partial charge on any atom is -0.343 e. The fourth-order valence-corrected chi connectivity index (χ4v) is 4.27. The predicted octanol–water partition coefficient (Wildman–Crippen LogP) is 5.25. The van der Waals surface area contributed by atoms with Crippen LogP contribution in [0.1, 0.15) is 45.7 Å². The number of hydrogen-bond donors (Lipinski definition) is 0. The highest BCUT2D eigenvalue weighted by molar-refractivity contribution is 7.99. The van der Waals surface area contributed by atoms with Gasteiger partial charge in [-0.3, -0.25) is 9.36 Å². The number of carbonyl (C=O) groups excluding carboxylic acids is 1. The molecule has 164 valence electrons. The average Bonchev–Trinajstić information content (AvgIpc) is 3.15. The minimum absolute atomic E-state index is 0.0993. The Hall–Kier alpha value is -2.60. The highest BCUT2D eigenvalue weighted by atomic mass is 32.2. The molecule has 0 radical (unpaired) electrons. The number of benzene rings is 2. The van der Waals surface area contributed by atoms with Gasteiger partial charge in [-0.25, -0.2) is 0 Å². The van der Waals surface area contributed by atoms with Crippen molar-refractivity contribution in [2.75, 3.05) is 18.8 Å². The van der Waals surface area contributed by atoms with Gasteiger partial charge in [-0.15, -0.1) is 10.2 Å². The van der Waals surface area contributed by atoms with Crippen molar-refractivity contribution in [3.05, 3.63) is 65.7 Å². The van der Waals surface area contributed by atoms with Crippen molar-refractivity contribution in [3.63, 3.8) is 0 Å². The molecular formula is C25H32N4OS. The molecule has 31 heavy (non-hydrogen) atoms. The number of thioether (sulfide) groups is 1. The Kier molecular flexibility index (Phi) is 7.55. The molecule has 0 aliphatic rings. The summed E-state index contributed by atoms with van der Waals surface area (Å²) in [7, 11) is 0. The van der Waals surface area contributed by atoms with Gasteiger partial charge in [-0.05, 0) is 30.4 Å². The van der Waals surface area contributed by atoms with E-state index in [0.717, 1.165) is 29.6 Å². The molecule has 0 unspecified atom stereocenters. The quantitative estimate of drug-likeness (QED) is 0.453. The van der Waals surface area contributed by atoms with Gasteiger partial charge < -0.3 is 4.90 Å². The van der Waals surface area contributed by atoms with Crippen LogP contribution >= 0.6 is 11.8 Å². The summed E-state index contributed by atoms with van der Waals surface area (Å²) in [6.45, 7) is 12.7. The molecule has 0 bridgehead atoms. The van der Waals surface area contributed by atoms with Crippen molar-refractivity contribution in [2.45, 2.75) is 51.7 Å². The first-order chi connectivity index (χ1) is 14.8. The first kappa shape index (κ1) is 23.1. The fourth-order valence-electron chi connectivity index (χ4n) is 3.43. The van der Waals surface area contributed by atoms with E-state index in [1.165, 1.54) is 22.9 Å². The Morgan fingerprint density at radius 3 is 2.19 bits per heavy atom. The number of hydrogen-bond acceptors (Lipinski definition) is 4. The number of amides is 1. The van der Waals surface area contributed by atoms with Gasteiger partial charge in [0.1, 0.15) is 0 Å². The van der Waals surface area contributed by atoms with E-state index in [-0.39, 0.29) is 11.3 Å². The molecule has 0 atom stereocenters. The summed E-state index contributed by atoms with van der Waals surface area (Å²) < 4.78 is 2.11. The van der Waals surface area contributed by atoms with Gasteiger partial charge in [-0.1, -0.05) is 87.1 Å². The van der Waals surface area contributed by atoms with Crippen molar-refractivity contribution in [3.8, 4) is 11.4 Å². The minimum atomic E-state index is 0.0993. The van der Waals surface area contributed by atoms with Gasteiger partial charge in [0, 0.05) is 18.7 Å². The monoisotopic (exact) mass is 436 g/mol. The topological polar surface area (TPSA) is 51.0 Å². The summed E-state index contributed by atoms with van der Waals surface area (Å²) in [6.07, 6.45) is 0. The second kappa shape index (κ2) is 10.1. The molecular weight excluding hydrogens is 404 g/mol. The highest BCUT2D eigenvalue weighted by Crippen LogP contribution is 2.28. The van der Waals surface area contributed by atoms with E-state index in [2.05, 4.69) is 71.9 Å². The van der Waals surface area contributed by atoms with Crippen LogP contribution < -0.4 is 0 Å². The van der Waals surface area contributed by atoms with Crippen LogP contribution in [0.3, 0.4) is 0 Å². The molecule has 6 heteroatoms. The van der Waals surface area contributed by atoms with Gasteiger partial charge in [0.25, 0.3) is 0 Å². The van der Waals surface area contributed by atoms with E-state index in [4.69, 9.17) is 0 Å². The van der Waals surface area contributed by atoms with Crippen LogP contribution in [-0.4, -0.2) is 44.4 Å². The SMILES string of the molecule is CCN(CC)C(=O)CSc1nnc(-c2ccc(C(C)(C)C)cc2)n1Cc1ccccc1. The first-order valence-electron chi connectivity index (χ1n) is 10.8. The predicted molar refractivity (Wildman–Crippen MR) is 128 cm³/mol. The lowest BCUT2D eigenvalue weighted by Crippen LogP contribution is -2.31. The molecule has 0 fully saturated rings.